The Morgan fingerprint density at radius 1 is 0.929 bits per heavy atom. The second-order valence-corrected chi connectivity index (χ2v) is 7.61. The van der Waals surface area contributed by atoms with Gasteiger partial charge in [-0.05, 0) is 41.7 Å². The van der Waals surface area contributed by atoms with E-state index in [9.17, 15) is 18.0 Å². The van der Waals surface area contributed by atoms with Crippen LogP contribution in [0.15, 0.2) is 54.6 Å². The van der Waals surface area contributed by atoms with Gasteiger partial charge < -0.3 is 10.2 Å². The van der Waals surface area contributed by atoms with Gasteiger partial charge in [0.2, 0.25) is 0 Å². The number of rotatable bonds is 3. The van der Waals surface area contributed by atoms with Crippen LogP contribution >= 0.6 is 0 Å². The second-order valence-electron chi connectivity index (χ2n) is 7.61. The van der Waals surface area contributed by atoms with Crippen LogP contribution in [-0.4, -0.2) is 42.0 Å². The Balaban J connectivity index is 1.29. The molecule has 2 aromatic carbocycles. The summed E-state index contributed by atoms with van der Waals surface area (Å²) in [7, 11) is 0. The van der Waals surface area contributed by atoms with Crippen molar-refractivity contribution in [1.82, 2.24) is 9.80 Å². The van der Waals surface area contributed by atoms with Crippen LogP contribution in [0.4, 0.5) is 23.7 Å². The lowest BCUT2D eigenvalue weighted by atomic mass is 10.0. The number of anilines is 1. The van der Waals surface area contributed by atoms with Crippen molar-refractivity contribution >= 4 is 11.7 Å². The summed E-state index contributed by atoms with van der Waals surface area (Å²) in [5, 5.41) is 2.92. The number of carbonyl (C=O) groups is 1. The second kappa shape index (κ2) is 7.47. The molecule has 4 nitrogen and oxygen atoms in total. The zero-order valence-corrected chi connectivity index (χ0v) is 15.3. The van der Waals surface area contributed by atoms with E-state index in [0.29, 0.717) is 31.5 Å². The summed E-state index contributed by atoms with van der Waals surface area (Å²) in [4.78, 5) is 16.6. The number of urea groups is 1. The topological polar surface area (TPSA) is 35.6 Å². The summed E-state index contributed by atoms with van der Waals surface area (Å²) in [5.74, 6) is 0.826. The Morgan fingerprint density at radius 2 is 1.54 bits per heavy atom. The van der Waals surface area contributed by atoms with Crippen LogP contribution in [0.2, 0.25) is 0 Å². The summed E-state index contributed by atoms with van der Waals surface area (Å²) in [6, 6.07) is 14.7. The number of nitrogens with zero attached hydrogens (tertiary/aromatic N) is 2. The van der Waals surface area contributed by atoms with Crippen LogP contribution in [0, 0.1) is 11.8 Å². The van der Waals surface area contributed by atoms with Crippen molar-refractivity contribution in [3.63, 3.8) is 0 Å². The quantitative estimate of drug-likeness (QED) is 0.850. The van der Waals surface area contributed by atoms with Gasteiger partial charge in [0, 0.05) is 38.4 Å². The van der Waals surface area contributed by atoms with E-state index in [1.54, 1.807) is 12.1 Å². The van der Waals surface area contributed by atoms with E-state index in [0.717, 1.165) is 36.5 Å². The molecule has 0 radical (unpaired) electrons. The van der Waals surface area contributed by atoms with Gasteiger partial charge in [-0.3, -0.25) is 4.90 Å². The predicted octanol–water partition coefficient (Wildman–Crippen LogP) is 4.30. The lowest BCUT2D eigenvalue weighted by molar-refractivity contribution is -0.137. The number of amides is 2. The number of halogens is 3. The average molecular weight is 389 g/mol. The number of hydrogen-bond donors (Lipinski definition) is 1. The molecule has 2 saturated heterocycles. The molecule has 2 amide bonds. The van der Waals surface area contributed by atoms with Crippen molar-refractivity contribution in [2.24, 2.45) is 11.8 Å². The molecular formula is C21H22F3N3O. The highest BCUT2D eigenvalue weighted by molar-refractivity contribution is 5.89. The number of alkyl halides is 3. The third-order valence-corrected chi connectivity index (χ3v) is 5.56. The monoisotopic (exact) mass is 389 g/mol. The molecule has 148 valence electrons. The fraction of sp³-hybridized carbons (Fsp3) is 0.381. The summed E-state index contributed by atoms with van der Waals surface area (Å²) < 4.78 is 38.0. The smallest absolute Gasteiger partial charge is 0.324 e. The molecule has 2 heterocycles. The van der Waals surface area contributed by atoms with Crippen molar-refractivity contribution < 1.29 is 18.0 Å². The zero-order valence-electron chi connectivity index (χ0n) is 15.3. The highest BCUT2D eigenvalue weighted by Crippen LogP contribution is 2.33. The van der Waals surface area contributed by atoms with Gasteiger partial charge in [-0.25, -0.2) is 4.79 Å². The maximum Gasteiger partial charge on any atom is 0.416 e. The van der Waals surface area contributed by atoms with Crippen molar-refractivity contribution in [1.29, 1.82) is 0 Å². The molecule has 2 unspecified atom stereocenters. The minimum absolute atomic E-state index is 0.0742. The average Bonchev–Trinajstić information content (AvgIpc) is 3.21. The summed E-state index contributed by atoms with van der Waals surface area (Å²) in [6.07, 6.45) is -4.30. The first-order valence-electron chi connectivity index (χ1n) is 9.38. The molecule has 0 spiro atoms. The Morgan fingerprint density at radius 3 is 2.11 bits per heavy atom. The molecule has 28 heavy (non-hydrogen) atoms. The van der Waals surface area contributed by atoms with Crippen molar-refractivity contribution in [3.05, 3.63) is 65.7 Å². The fourth-order valence-electron chi connectivity index (χ4n) is 4.17. The molecule has 0 aliphatic carbocycles. The molecule has 4 rings (SSSR count). The van der Waals surface area contributed by atoms with Gasteiger partial charge in [-0.2, -0.15) is 13.2 Å². The van der Waals surface area contributed by atoms with Crippen molar-refractivity contribution in [2.45, 2.75) is 12.7 Å². The molecule has 0 saturated carbocycles. The number of nitrogens with one attached hydrogen (secondary N) is 1. The Bertz CT molecular complexity index is 809. The molecule has 2 aliphatic rings. The first-order valence-corrected chi connectivity index (χ1v) is 9.38. The van der Waals surface area contributed by atoms with Crippen LogP contribution < -0.4 is 5.32 Å². The lowest BCUT2D eigenvalue weighted by Crippen LogP contribution is -2.36. The Labute approximate surface area is 161 Å². The molecule has 2 aliphatic heterocycles. The van der Waals surface area contributed by atoms with E-state index >= 15 is 0 Å². The molecular weight excluding hydrogens is 367 g/mol. The normalized spacial score (nSPS) is 22.3. The number of carbonyl (C=O) groups excluding carboxylic acids is 1. The Kier molecular flexibility index (Phi) is 5.02. The van der Waals surface area contributed by atoms with Crippen molar-refractivity contribution in [2.75, 3.05) is 31.5 Å². The summed E-state index contributed by atoms with van der Waals surface area (Å²) in [6.45, 7) is 3.79. The SMILES string of the molecule is O=C(Nc1ccccc1)N1CC2CN(Cc3ccc(C(F)(F)F)cc3)CC2C1. The third-order valence-electron chi connectivity index (χ3n) is 5.56. The van der Waals surface area contributed by atoms with E-state index in [4.69, 9.17) is 0 Å². The largest absolute Gasteiger partial charge is 0.416 e. The Hall–Kier alpha value is -2.54. The maximum absolute atomic E-state index is 12.7. The highest BCUT2D eigenvalue weighted by Gasteiger charge is 2.41. The number of likely N-dealkylation sites (tertiary alicyclic amines) is 2. The summed E-state index contributed by atoms with van der Waals surface area (Å²) in [5.41, 5.74) is 1.05. The molecule has 2 fully saturated rings. The standard InChI is InChI=1S/C21H22F3N3O/c22-21(23,24)18-8-6-15(7-9-18)10-26-11-16-13-27(14-17(16)12-26)20(28)25-19-4-2-1-3-5-19/h1-9,16-17H,10-14H2,(H,25,28). The lowest BCUT2D eigenvalue weighted by Gasteiger charge is -2.22. The highest BCUT2D eigenvalue weighted by atomic mass is 19.4. The van der Waals surface area contributed by atoms with E-state index in [1.807, 2.05) is 35.2 Å². The molecule has 2 atom stereocenters. The molecule has 0 bridgehead atoms. The van der Waals surface area contributed by atoms with Gasteiger partial charge in [-0.15, -0.1) is 0 Å². The minimum atomic E-state index is -4.30. The van der Waals surface area contributed by atoms with Crippen LogP contribution in [0.5, 0.6) is 0 Å². The maximum atomic E-state index is 12.7. The first kappa shape index (κ1) is 18.8. The first-order chi connectivity index (χ1) is 13.4. The van der Waals surface area contributed by atoms with Gasteiger partial charge in [0.1, 0.15) is 0 Å². The van der Waals surface area contributed by atoms with E-state index < -0.39 is 11.7 Å². The van der Waals surface area contributed by atoms with Crippen LogP contribution in [0.1, 0.15) is 11.1 Å². The van der Waals surface area contributed by atoms with E-state index in [-0.39, 0.29) is 6.03 Å². The number of fused-ring (bicyclic) bond motifs is 1. The molecule has 1 N–H and O–H groups in total. The van der Waals surface area contributed by atoms with Crippen LogP contribution in [-0.2, 0) is 12.7 Å². The van der Waals surface area contributed by atoms with Gasteiger partial charge in [0.15, 0.2) is 0 Å². The zero-order chi connectivity index (χ0) is 19.7. The fourth-order valence-corrected chi connectivity index (χ4v) is 4.17. The molecule has 7 heteroatoms. The van der Waals surface area contributed by atoms with E-state index in [1.165, 1.54) is 0 Å². The number of para-hydroxylation sites is 1. The minimum Gasteiger partial charge on any atom is -0.324 e. The van der Waals surface area contributed by atoms with Crippen LogP contribution in [0.25, 0.3) is 0 Å². The van der Waals surface area contributed by atoms with Crippen LogP contribution in [0.3, 0.4) is 0 Å². The number of benzene rings is 2. The van der Waals surface area contributed by atoms with E-state index in [2.05, 4.69) is 10.2 Å². The van der Waals surface area contributed by atoms with Gasteiger partial charge in [-0.1, -0.05) is 30.3 Å². The third kappa shape index (κ3) is 4.14. The number of hydrogen-bond acceptors (Lipinski definition) is 2. The van der Waals surface area contributed by atoms with Gasteiger partial charge in [0.05, 0.1) is 5.56 Å². The van der Waals surface area contributed by atoms with Crippen molar-refractivity contribution in [3.8, 4) is 0 Å². The molecule has 0 aromatic heterocycles. The predicted molar refractivity (Wildman–Crippen MR) is 101 cm³/mol. The molecule has 2 aromatic rings. The van der Waals surface area contributed by atoms with Gasteiger partial charge >= 0.3 is 12.2 Å². The summed E-state index contributed by atoms with van der Waals surface area (Å²) >= 11 is 0. The van der Waals surface area contributed by atoms with Gasteiger partial charge in [0.25, 0.3) is 0 Å².